The maximum absolute atomic E-state index is 14.0. The van der Waals surface area contributed by atoms with Crippen molar-refractivity contribution < 1.29 is 33.9 Å². The Kier molecular flexibility index (Phi) is 10.3. The lowest BCUT2D eigenvalue weighted by Gasteiger charge is -2.31. The highest BCUT2D eigenvalue weighted by Crippen LogP contribution is 2.30. The van der Waals surface area contributed by atoms with Crippen LogP contribution in [0.3, 0.4) is 0 Å². The molecule has 2 saturated heterocycles. The van der Waals surface area contributed by atoms with Gasteiger partial charge in [0.05, 0.1) is 11.0 Å². The number of fused-ring (bicyclic) bond motifs is 2. The zero-order valence-corrected chi connectivity index (χ0v) is 27.5. The molecule has 13 nitrogen and oxygen atoms in total. The normalized spacial score (nSPS) is 27.1. The van der Waals surface area contributed by atoms with Gasteiger partial charge in [0, 0.05) is 23.9 Å². The van der Waals surface area contributed by atoms with Crippen molar-refractivity contribution >= 4 is 62.3 Å². The molecule has 2 aliphatic heterocycles. The van der Waals surface area contributed by atoms with Crippen LogP contribution in [0.15, 0.2) is 28.9 Å². The summed E-state index contributed by atoms with van der Waals surface area (Å²) < 4.78 is 0.599. The molecule has 3 heterocycles. The Labute approximate surface area is 275 Å². The number of nitrogens with one attached hydrogen (secondary N) is 5. The van der Waals surface area contributed by atoms with E-state index in [0.717, 1.165) is 36.6 Å². The lowest BCUT2D eigenvalue weighted by Crippen LogP contribution is -2.60. The average Bonchev–Trinajstić information content (AvgIpc) is 3.77. The van der Waals surface area contributed by atoms with Crippen LogP contribution in [-0.4, -0.2) is 87.2 Å². The summed E-state index contributed by atoms with van der Waals surface area (Å²) in [6.45, 7) is 3.73. The standard InChI is InChI=1S/C32H41BrN6O7/c1-16(2)25-30(44)35-21(14-19-18-10-5-6-11-20(18)34-27(19)33)28(42)36-22(15-24(40)41)32(46)39-13-7-12-23(39)29(43)38-26(31(45)37-25)17-8-3-4-9-17/h5-6,10-11,16-17,21-23,25-26,34H,3-4,7-9,12-15H2,1-2H3,(H,35,44)(H,36,42)(H,37,45)(H,38,43)(H,40,41)/t21-,22+,23-,25+,26-/m0/s1. The molecule has 5 amide bonds. The first-order valence-electron chi connectivity index (χ1n) is 15.9. The van der Waals surface area contributed by atoms with Crippen molar-refractivity contribution in [3.8, 4) is 0 Å². The van der Waals surface area contributed by atoms with Gasteiger partial charge in [-0.3, -0.25) is 28.8 Å². The lowest BCUT2D eigenvalue weighted by molar-refractivity contribution is -0.146. The summed E-state index contributed by atoms with van der Waals surface area (Å²) in [5.41, 5.74) is 1.49. The minimum atomic E-state index is -1.49. The van der Waals surface area contributed by atoms with Gasteiger partial charge in [-0.15, -0.1) is 0 Å². The fourth-order valence-corrected chi connectivity index (χ4v) is 7.50. The van der Waals surface area contributed by atoms with Crippen LogP contribution in [0.25, 0.3) is 10.9 Å². The first-order chi connectivity index (χ1) is 21.9. The van der Waals surface area contributed by atoms with Crippen molar-refractivity contribution in [3.63, 3.8) is 0 Å². The molecule has 0 spiro atoms. The summed E-state index contributed by atoms with van der Waals surface area (Å²) in [6.07, 6.45) is 3.37. The summed E-state index contributed by atoms with van der Waals surface area (Å²) in [7, 11) is 0. The fourth-order valence-electron chi connectivity index (χ4n) is 6.91. The molecular formula is C32H41BrN6O7. The number of H-pyrrole nitrogens is 1. The van der Waals surface area contributed by atoms with Gasteiger partial charge < -0.3 is 36.3 Å². The van der Waals surface area contributed by atoms with Crippen LogP contribution in [0.2, 0.25) is 0 Å². The number of para-hydroxylation sites is 1. The van der Waals surface area contributed by atoms with Gasteiger partial charge in [0.25, 0.3) is 0 Å². The highest BCUT2D eigenvalue weighted by Gasteiger charge is 2.43. The lowest BCUT2D eigenvalue weighted by atomic mass is 9.95. The number of hydrogen-bond donors (Lipinski definition) is 6. The number of amides is 5. The average molecular weight is 702 g/mol. The number of carbonyl (C=O) groups excluding carboxylic acids is 5. The van der Waals surface area contributed by atoms with Gasteiger partial charge >= 0.3 is 5.97 Å². The molecule has 1 aliphatic carbocycles. The topological polar surface area (TPSA) is 190 Å². The molecule has 248 valence electrons. The Hall–Kier alpha value is -3.94. The first kappa shape index (κ1) is 33.4. The molecule has 6 N–H and O–H groups in total. The first-order valence-corrected chi connectivity index (χ1v) is 16.7. The SMILES string of the molecule is CC(C)[C@H]1NC(=O)[C@H](C2CCCC2)NC(=O)[C@@H]2CCCN2C(=O)[C@@H](CC(=O)O)NC(=O)[C@H](Cc2c(Br)[nH]c3ccccc23)NC1=O. The Bertz CT molecular complexity index is 1520. The van der Waals surface area contributed by atoms with Crippen molar-refractivity contribution in [1.82, 2.24) is 31.2 Å². The smallest absolute Gasteiger partial charge is 0.305 e. The summed E-state index contributed by atoms with van der Waals surface area (Å²) >= 11 is 3.52. The molecule has 3 fully saturated rings. The monoisotopic (exact) mass is 700 g/mol. The van der Waals surface area contributed by atoms with E-state index in [4.69, 9.17) is 0 Å². The number of aliphatic carboxylic acids is 1. The zero-order chi connectivity index (χ0) is 33.1. The number of aromatic amines is 1. The van der Waals surface area contributed by atoms with Crippen LogP contribution in [-0.2, 0) is 35.2 Å². The largest absolute Gasteiger partial charge is 0.481 e. The van der Waals surface area contributed by atoms with E-state index in [9.17, 15) is 33.9 Å². The summed E-state index contributed by atoms with van der Waals surface area (Å²) in [5.74, 6) is -4.93. The number of halogens is 1. The second kappa shape index (κ2) is 14.2. The molecular weight excluding hydrogens is 660 g/mol. The van der Waals surface area contributed by atoms with Crippen LogP contribution in [0, 0.1) is 11.8 Å². The van der Waals surface area contributed by atoms with E-state index in [1.165, 1.54) is 4.90 Å². The van der Waals surface area contributed by atoms with Gasteiger partial charge in [0.2, 0.25) is 29.5 Å². The second-order valence-corrected chi connectivity index (χ2v) is 13.6. The Morgan fingerprint density at radius 2 is 1.59 bits per heavy atom. The van der Waals surface area contributed by atoms with Crippen molar-refractivity contribution in [2.45, 2.75) is 95.4 Å². The van der Waals surface area contributed by atoms with Crippen LogP contribution in [0.4, 0.5) is 0 Å². The van der Waals surface area contributed by atoms with E-state index in [-0.39, 0.29) is 24.8 Å². The van der Waals surface area contributed by atoms with Crippen molar-refractivity contribution in [2.24, 2.45) is 11.8 Å². The second-order valence-electron chi connectivity index (χ2n) is 12.8. The number of carbonyl (C=O) groups is 6. The molecule has 0 unspecified atom stereocenters. The molecule has 1 aromatic carbocycles. The number of nitrogens with zero attached hydrogens (tertiary/aromatic N) is 1. The maximum Gasteiger partial charge on any atom is 0.305 e. The van der Waals surface area contributed by atoms with Gasteiger partial charge in [-0.2, -0.15) is 0 Å². The van der Waals surface area contributed by atoms with Gasteiger partial charge in [-0.25, -0.2) is 0 Å². The van der Waals surface area contributed by atoms with Gasteiger partial charge in [0.1, 0.15) is 30.2 Å². The quantitative estimate of drug-likeness (QED) is 0.265. The molecule has 3 aliphatic rings. The highest BCUT2D eigenvalue weighted by molar-refractivity contribution is 9.10. The number of aromatic nitrogens is 1. The minimum Gasteiger partial charge on any atom is -0.481 e. The van der Waals surface area contributed by atoms with Crippen molar-refractivity contribution in [3.05, 3.63) is 34.4 Å². The number of benzene rings is 1. The van der Waals surface area contributed by atoms with Crippen molar-refractivity contribution in [2.75, 3.05) is 6.54 Å². The van der Waals surface area contributed by atoms with Crippen LogP contribution >= 0.6 is 15.9 Å². The van der Waals surface area contributed by atoms with E-state index in [0.29, 0.717) is 23.0 Å². The molecule has 0 bridgehead atoms. The van der Waals surface area contributed by atoms with E-state index >= 15 is 0 Å². The van der Waals surface area contributed by atoms with E-state index < -0.39 is 72.1 Å². The summed E-state index contributed by atoms with van der Waals surface area (Å²) in [5, 5.41) is 21.6. The molecule has 46 heavy (non-hydrogen) atoms. The van der Waals surface area contributed by atoms with E-state index in [1.54, 1.807) is 13.8 Å². The molecule has 1 aromatic heterocycles. The Balaban J connectivity index is 1.55. The zero-order valence-electron chi connectivity index (χ0n) is 25.9. The summed E-state index contributed by atoms with van der Waals surface area (Å²) in [4.78, 5) is 85.5. The van der Waals surface area contributed by atoms with E-state index in [1.807, 2.05) is 24.3 Å². The molecule has 2 aromatic rings. The number of rotatable bonds is 6. The predicted octanol–water partition coefficient (Wildman–Crippen LogP) is 1.74. The Morgan fingerprint density at radius 1 is 0.891 bits per heavy atom. The molecule has 5 rings (SSSR count). The van der Waals surface area contributed by atoms with Crippen molar-refractivity contribution in [1.29, 1.82) is 0 Å². The van der Waals surface area contributed by atoms with Gasteiger partial charge in [0.15, 0.2) is 0 Å². The van der Waals surface area contributed by atoms with Crippen LogP contribution in [0.5, 0.6) is 0 Å². The number of hydrogen-bond acceptors (Lipinski definition) is 6. The molecule has 14 heteroatoms. The van der Waals surface area contributed by atoms with Gasteiger partial charge in [-0.1, -0.05) is 44.9 Å². The maximum atomic E-state index is 14.0. The molecule has 5 atom stereocenters. The third-order valence-electron chi connectivity index (χ3n) is 9.33. The molecule has 1 saturated carbocycles. The summed E-state index contributed by atoms with van der Waals surface area (Å²) in [6, 6.07) is 1.82. The third-order valence-corrected chi connectivity index (χ3v) is 10.0. The van der Waals surface area contributed by atoms with Gasteiger partial charge in [-0.05, 0) is 65.1 Å². The van der Waals surface area contributed by atoms with Crippen LogP contribution < -0.4 is 21.3 Å². The van der Waals surface area contributed by atoms with E-state index in [2.05, 4.69) is 42.2 Å². The van der Waals surface area contributed by atoms with Crippen LogP contribution in [0.1, 0.15) is 64.4 Å². The molecule has 0 radical (unpaired) electrons. The highest BCUT2D eigenvalue weighted by atomic mass is 79.9. The minimum absolute atomic E-state index is 0.00794. The third kappa shape index (κ3) is 7.21. The Morgan fingerprint density at radius 3 is 2.28 bits per heavy atom. The predicted molar refractivity (Wildman–Crippen MR) is 171 cm³/mol. The number of carboxylic acids is 1. The number of carboxylic acid groups (broad SMARTS) is 1. The fraction of sp³-hybridized carbons (Fsp3) is 0.562.